The molecule has 1 aromatic carbocycles. The van der Waals surface area contributed by atoms with E-state index in [0.717, 1.165) is 56.2 Å². The van der Waals surface area contributed by atoms with Crippen molar-refractivity contribution in [2.75, 3.05) is 33.3 Å². The van der Waals surface area contributed by atoms with E-state index in [4.69, 9.17) is 4.74 Å². The molecule has 1 amide bonds. The number of hydrogen-bond acceptors (Lipinski definition) is 6. The number of rotatable bonds is 5. The molecule has 0 radical (unpaired) electrons. The highest BCUT2D eigenvalue weighted by molar-refractivity contribution is 5.82. The molecule has 4 rings (SSSR count). The van der Waals surface area contributed by atoms with E-state index >= 15 is 0 Å². The molecule has 2 unspecified atom stereocenters. The van der Waals surface area contributed by atoms with Gasteiger partial charge in [0.2, 0.25) is 5.91 Å². The Hall–Kier alpha value is -2.48. The molecule has 7 heteroatoms. The van der Waals surface area contributed by atoms with Crippen LogP contribution < -0.4 is 15.6 Å². The Labute approximate surface area is 165 Å². The molecule has 2 fully saturated rings. The van der Waals surface area contributed by atoms with Crippen LogP contribution in [0.2, 0.25) is 0 Å². The number of aromatic nitrogens is 1. The zero-order valence-corrected chi connectivity index (χ0v) is 16.2. The van der Waals surface area contributed by atoms with Crippen LogP contribution in [-0.4, -0.2) is 60.0 Å². The molecule has 3 heterocycles. The van der Waals surface area contributed by atoms with Crippen molar-refractivity contribution in [3.05, 3.63) is 59.9 Å². The third kappa shape index (κ3) is 4.32. The van der Waals surface area contributed by atoms with Crippen molar-refractivity contribution >= 4 is 5.91 Å². The number of nitrogens with zero attached hydrogens (tertiary/aromatic N) is 3. The molecule has 2 aliphatic heterocycles. The quantitative estimate of drug-likeness (QED) is 0.815. The maximum Gasteiger partial charge on any atom is 0.241 e. The first-order valence-electron chi connectivity index (χ1n) is 9.79. The summed E-state index contributed by atoms with van der Waals surface area (Å²) >= 11 is 0. The number of pyridine rings is 1. The van der Waals surface area contributed by atoms with Gasteiger partial charge < -0.3 is 9.64 Å². The number of nitrogens with one attached hydrogen (secondary N) is 2. The highest BCUT2D eigenvalue weighted by Crippen LogP contribution is 2.26. The zero-order valence-electron chi connectivity index (χ0n) is 16.2. The normalized spacial score (nSPS) is 23.0. The van der Waals surface area contributed by atoms with E-state index in [1.807, 2.05) is 47.5 Å². The molecule has 7 nitrogen and oxygen atoms in total. The number of carbonyl (C=O) groups is 1. The van der Waals surface area contributed by atoms with E-state index in [2.05, 4.69) is 26.8 Å². The first-order valence-corrected chi connectivity index (χ1v) is 9.79. The van der Waals surface area contributed by atoms with Gasteiger partial charge in [0.1, 0.15) is 11.8 Å². The largest absolute Gasteiger partial charge is 0.497 e. The molecular formula is C21H27N5O2. The van der Waals surface area contributed by atoms with Crippen LogP contribution in [0.4, 0.5) is 0 Å². The van der Waals surface area contributed by atoms with Crippen molar-refractivity contribution in [2.24, 2.45) is 0 Å². The number of benzene rings is 1. The smallest absolute Gasteiger partial charge is 0.241 e. The van der Waals surface area contributed by atoms with Gasteiger partial charge in [-0.25, -0.2) is 10.9 Å². The number of amides is 1. The molecule has 0 saturated carbocycles. The maximum absolute atomic E-state index is 12.9. The lowest BCUT2D eigenvalue weighted by atomic mass is 10.0. The summed E-state index contributed by atoms with van der Waals surface area (Å²) in [5.41, 5.74) is 8.65. The summed E-state index contributed by atoms with van der Waals surface area (Å²) in [6, 6.07) is 13.9. The summed E-state index contributed by atoms with van der Waals surface area (Å²) in [5, 5.41) is 0. The number of piperazine rings is 1. The lowest BCUT2D eigenvalue weighted by Gasteiger charge is -2.35. The Morgan fingerprint density at radius 2 is 2.00 bits per heavy atom. The van der Waals surface area contributed by atoms with E-state index in [0.29, 0.717) is 0 Å². The van der Waals surface area contributed by atoms with E-state index in [-0.39, 0.29) is 18.0 Å². The summed E-state index contributed by atoms with van der Waals surface area (Å²) in [7, 11) is 1.67. The summed E-state index contributed by atoms with van der Waals surface area (Å²) in [4.78, 5) is 21.7. The fraction of sp³-hybridized carbons (Fsp3) is 0.429. The van der Waals surface area contributed by atoms with Crippen molar-refractivity contribution in [3.63, 3.8) is 0 Å². The topological polar surface area (TPSA) is 69.7 Å². The standard InChI is InChI=1S/C21H27N5O2/c1-28-18-7-4-5-16(13-18)19-14-20(24-23-19)21(27)26-11-9-25(10-12-26)15-17-6-2-3-8-22-17/h2-8,13,19-20,23-24H,9-12,14-15H2,1H3. The molecule has 0 aliphatic carbocycles. The Bertz CT molecular complexity index is 792. The lowest BCUT2D eigenvalue weighted by molar-refractivity contribution is -0.135. The maximum atomic E-state index is 12.9. The third-order valence-corrected chi connectivity index (χ3v) is 5.49. The van der Waals surface area contributed by atoms with E-state index in [1.165, 1.54) is 0 Å². The van der Waals surface area contributed by atoms with Crippen molar-refractivity contribution < 1.29 is 9.53 Å². The second-order valence-electron chi connectivity index (χ2n) is 7.33. The summed E-state index contributed by atoms with van der Waals surface area (Å²) in [5.74, 6) is 1.01. The van der Waals surface area contributed by atoms with E-state index in [1.54, 1.807) is 7.11 Å². The minimum absolute atomic E-state index is 0.106. The Kier molecular flexibility index (Phi) is 5.85. The fourth-order valence-electron chi connectivity index (χ4n) is 3.86. The average molecular weight is 381 g/mol. The molecule has 2 aromatic rings. The molecule has 2 atom stereocenters. The van der Waals surface area contributed by atoms with Crippen molar-refractivity contribution in [1.82, 2.24) is 25.6 Å². The van der Waals surface area contributed by atoms with Crippen LogP contribution >= 0.6 is 0 Å². The van der Waals surface area contributed by atoms with Crippen LogP contribution in [0.15, 0.2) is 48.7 Å². The molecule has 28 heavy (non-hydrogen) atoms. The molecule has 2 saturated heterocycles. The van der Waals surface area contributed by atoms with Gasteiger partial charge in [0.25, 0.3) is 0 Å². The second-order valence-corrected chi connectivity index (χ2v) is 7.33. The van der Waals surface area contributed by atoms with E-state index < -0.39 is 0 Å². The Morgan fingerprint density at radius 1 is 1.14 bits per heavy atom. The number of carbonyl (C=O) groups excluding carboxylic acids is 1. The predicted octanol–water partition coefficient (Wildman–Crippen LogP) is 1.34. The van der Waals surface area contributed by atoms with Crippen LogP contribution in [0.25, 0.3) is 0 Å². The van der Waals surface area contributed by atoms with E-state index in [9.17, 15) is 4.79 Å². The molecule has 1 aromatic heterocycles. The highest BCUT2D eigenvalue weighted by Gasteiger charge is 2.34. The Morgan fingerprint density at radius 3 is 2.75 bits per heavy atom. The minimum atomic E-state index is -0.196. The summed E-state index contributed by atoms with van der Waals surface area (Å²) < 4.78 is 5.30. The fourth-order valence-corrected chi connectivity index (χ4v) is 3.86. The first kappa shape index (κ1) is 18.9. The Balaban J connectivity index is 1.28. The first-order chi connectivity index (χ1) is 13.7. The van der Waals surface area contributed by atoms with Gasteiger partial charge in [-0.1, -0.05) is 18.2 Å². The van der Waals surface area contributed by atoms with Gasteiger partial charge in [-0.2, -0.15) is 0 Å². The molecule has 2 N–H and O–H groups in total. The highest BCUT2D eigenvalue weighted by atomic mass is 16.5. The lowest BCUT2D eigenvalue weighted by Crippen LogP contribution is -2.53. The van der Waals surface area contributed by atoms with Crippen LogP contribution in [0.5, 0.6) is 5.75 Å². The predicted molar refractivity (Wildman–Crippen MR) is 107 cm³/mol. The molecule has 2 aliphatic rings. The summed E-state index contributed by atoms with van der Waals surface area (Å²) in [6.45, 7) is 4.11. The average Bonchev–Trinajstić information content (AvgIpc) is 3.25. The molecular weight excluding hydrogens is 354 g/mol. The summed E-state index contributed by atoms with van der Waals surface area (Å²) in [6.07, 6.45) is 2.56. The monoisotopic (exact) mass is 381 g/mol. The number of methoxy groups -OCH3 is 1. The van der Waals surface area contributed by atoms with Gasteiger partial charge in [-0.15, -0.1) is 0 Å². The van der Waals surface area contributed by atoms with Gasteiger partial charge in [-0.05, 0) is 36.2 Å². The SMILES string of the molecule is COc1cccc(C2CC(C(=O)N3CCN(Cc4ccccn4)CC3)NN2)c1. The van der Waals surface area contributed by atoms with Crippen LogP contribution in [-0.2, 0) is 11.3 Å². The van der Waals surface area contributed by atoms with Crippen molar-refractivity contribution in [2.45, 2.75) is 25.0 Å². The second kappa shape index (κ2) is 8.68. The molecule has 0 bridgehead atoms. The van der Waals surface area contributed by atoms with Gasteiger partial charge in [-0.3, -0.25) is 14.7 Å². The van der Waals surface area contributed by atoms with Crippen LogP contribution in [0.3, 0.4) is 0 Å². The minimum Gasteiger partial charge on any atom is -0.497 e. The van der Waals surface area contributed by atoms with Crippen LogP contribution in [0, 0.1) is 0 Å². The molecule has 148 valence electrons. The van der Waals surface area contributed by atoms with Gasteiger partial charge in [0.05, 0.1) is 12.8 Å². The van der Waals surface area contributed by atoms with Gasteiger partial charge >= 0.3 is 0 Å². The number of ether oxygens (including phenoxy) is 1. The van der Waals surface area contributed by atoms with Crippen LogP contribution in [0.1, 0.15) is 23.7 Å². The van der Waals surface area contributed by atoms with Crippen molar-refractivity contribution in [1.29, 1.82) is 0 Å². The number of hydrazine groups is 1. The number of hydrogen-bond donors (Lipinski definition) is 2. The van der Waals surface area contributed by atoms with Gasteiger partial charge in [0.15, 0.2) is 0 Å². The molecule has 0 spiro atoms. The van der Waals surface area contributed by atoms with Crippen molar-refractivity contribution in [3.8, 4) is 5.75 Å². The zero-order chi connectivity index (χ0) is 19.3. The van der Waals surface area contributed by atoms with Gasteiger partial charge in [0, 0.05) is 45.0 Å². The third-order valence-electron chi connectivity index (χ3n) is 5.49.